The molecule has 1 amide bonds. The number of anilines is 1. The maximum Gasteiger partial charge on any atom is 0.262 e. The lowest BCUT2D eigenvalue weighted by Gasteiger charge is -2.36. The third kappa shape index (κ3) is 4.46. The van der Waals surface area contributed by atoms with E-state index in [1.165, 1.54) is 7.11 Å². The van der Waals surface area contributed by atoms with Gasteiger partial charge < -0.3 is 19.5 Å². The zero-order valence-corrected chi connectivity index (χ0v) is 19.6. The Bertz CT molecular complexity index is 1220. The fourth-order valence-corrected chi connectivity index (χ4v) is 5.06. The number of carbonyl (C=O) groups is 3. The Balaban J connectivity index is 1.45. The van der Waals surface area contributed by atoms with Crippen LogP contribution in [0.5, 0.6) is 11.5 Å². The number of nitrogens with one attached hydrogen (secondary N) is 1. The zero-order valence-electron chi connectivity index (χ0n) is 19.6. The summed E-state index contributed by atoms with van der Waals surface area (Å²) in [5, 5.41) is 2.80. The molecule has 0 fully saturated rings. The van der Waals surface area contributed by atoms with E-state index in [2.05, 4.69) is 5.32 Å². The number of amides is 1. The number of hydrogen-bond acceptors (Lipinski definition) is 6. The quantitative estimate of drug-likeness (QED) is 0.646. The molecule has 0 spiro atoms. The minimum absolute atomic E-state index is 0.00453. The molecule has 0 saturated heterocycles. The van der Waals surface area contributed by atoms with Crippen LogP contribution in [0.15, 0.2) is 71.2 Å². The van der Waals surface area contributed by atoms with Crippen LogP contribution in [0.25, 0.3) is 0 Å². The third-order valence-corrected chi connectivity index (χ3v) is 6.61. The molecule has 0 unspecified atom stereocenters. The van der Waals surface area contributed by atoms with E-state index in [4.69, 9.17) is 14.2 Å². The summed E-state index contributed by atoms with van der Waals surface area (Å²) in [6.45, 7) is -0.238. The Labute approximate surface area is 203 Å². The van der Waals surface area contributed by atoms with Gasteiger partial charge in [-0.2, -0.15) is 0 Å². The van der Waals surface area contributed by atoms with Gasteiger partial charge in [-0.15, -0.1) is 0 Å². The number of para-hydroxylation sites is 3. The number of benzene rings is 2. The van der Waals surface area contributed by atoms with Gasteiger partial charge in [0, 0.05) is 42.4 Å². The lowest BCUT2D eigenvalue weighted by atomic mass is 9.73. The molecule has 2 aromatic rings. The number of rotatable bonds is 6. The van der Waals surface area contributed by atoms with Gasteiger partial charge in [-0.1, -0.05) is 30.3 Å². The standard InChI is InChI=1S/C28H27NO6/c1-33-22-13-5-3-9-18(22)29-25(32)16-34-21-12-4-2-8-17(21)26-27-19(30)10-6-14-23(27)35-24-15-7-11-20(31)28(24)26/h2-5,8-9,12-13,26H,6-7,10-11,14-16H2,1H3,(H,29,32). The Morgan fingerprint density at radius 1 is 0.886 bits per heavy atom. The maximum absolute atomic E-state index is 13.0. The van der Waals surface area contributed by atoms with E-state index >= 15 is 0 Å². The molecule has 0 saturated carbocycles. The third-order valence-electron chi connectivity index (χ3n) is 6.61. The van der Waals surface area contributed by atoms with Crippen LogP contribution in [-0.2, 0) is 19.1 Å². The first-order valence-electron chi connectivity index (χ1n) is 11.9. The van der Waals surface area contributed by atoms with Crippen LogP contribution in [0.1, 0.15) is 50.0 Å². The zero-order chi connectivity index (χ0) is 24.4. The molecule has 1 aliphatic heterocycles. The van der Waals surface area contributed by atoms with Gasteiger partial charge in [0.2, 0.25) is 0 Å². The highest BCUT2D eigenvalue weighted by atomic mass is 16.5. The summed E-state index contributed by atoms with van der Waals surface area (Å²) in [7, 11) is 1.54. The summed E-state index contributed by atoms with van der Waals surface area (Å²) in [4.78, 5) is 38.8. The van der Waals surface area contributed by atoms with E-state index < -0.39 is 5.92 Å². The highest BCUT2D eigenvalue weighted by molar-refractivity contribution is 6.06. The molecule has 3 aliphatic rings. The Kier molecular flexibility index (Phi) is 6.40. The second-order valence-corrected chi connectivity index (χ2v) is 8.84. The van der Waals surface area contributed by atoms with Crippen LogP contribution in [-0.4, -0.2) is 31.2 Å². The van der Waals surface area contributed by atoms with Crippen LogP contribution in [0.3, 0.4) is 0 Å². The molecule has 0 radical (unpaired) electrons. The molecule has 35 heavy (non-hydrogen) atoms. The average Bonchev–Trinajstić information content (AvgIpc) is 2.87. The number of ketones is 2. The van der Waals surface area contributed by atoms with E-state index in [1.807, 2.05) is 24.3 Å². The fraction of sp³-hybridized carbons (Fsp3) is 0.321. The molecule has 1 N–H and O–H groups in total. The molecular weight excluding hydrogens is 446 g/mol. The molecule has 180 valence electrons. The van der Waals surface area contributed by atoms with Crippen LogP contribution in [0.2, 0.25) is 0 Å². The van der Waals surface area contributed by atoms with E-state index in [1.54, 1.807) is 24.3 Å². The van der Waals surface area contributed by atoms with Crippen molar-refractivity contribution in [1.82, 2.24) is 0 Å². The van der Waals surface area contributed by atoms with Gasteiger partial charge in [-0.05, 0) is 31.0 Å². The topological polar surface area (TPSA) is 90.9 Å². The van der Waals surface area contributed by atoms with Gasteiger partial charge in [0.1, 0.15) is 23.0 Å². The predicted octanol–water partition coefficient (Wildman–Crippen LogP) is 4.84. The van der Waals surface area contributed by atoms with Gasteiger partial charge in [0.15, 0.2) is 18.2 Å². The van der Waals surface area contributed by atoms with Crippen LogP contribution >= 0.6 is 0 Å². The van der Waals surface area contributed by atoms with E-state index in [9.17, 15) is 14.4 Å². The molecule has 2 aromatic carbocycles. The summed E-state index contributed by atoms with van der Waals surface area (Å²) in [5.74, 6) is 1.47. The second kappa shape index (κ2) is 9.78. The van der Waals surface area contributed by atoms with E-state index in [0.717, 1.165) is 12.8 Å². The first-order chi connectivity index (χ1) is 17.1. The van der Waals surface area contributed by atoms with Crippen molar-refractivity contribution in [2.45, 2.75) is 44.4 Å². The minimum Gasteiger partial charge on any atom is -0.495 e. The Hall–Kier alpha value is -3.87. The van der Waals surface area contributed by atoms with Crippen molar-refractivity contribution in [2.24, 2.45) is 0 Å². The normalized spacial score (nSPS) is 18.0. The van der Waals surface area contributed by atoms with Gasteiger partial charge in [0.05, 0.1) is 18.7 Å². The van der Waals surface area contributed by atoms with Crippen molar-refractivity contribution in [1.29, 1.82) is 0 Å². The maximum atomic E-state index is 13.0. The fourth-order valence-electron chi connectivity index (χ4n) is 5.06. The largest absolute Gasteiger partial charge is 0.495 e. The molecule has 7 nitrogen and oxygen atoms in total. The van der Waals surface area contributed by atoms with Gasteiger partial charge in [-0.25, -0.2) is 0 Å². The smallest absolute Gasteiger partial charge is 0.262 e. The lowest BCUT2D eigenvalue weighted by molar-refractivity contribution is -0.119. The van der Waals surface area contributed by atoms with Crippen LogP contribution in [0, 0.1) is 0 Å². The highest BCUT2D eigenvalue weighted by Crippen LogP contribution is 2.49. The Morgan fingerprint density at radius 3 is 2.14 bits per heavy atom. The van der Waals surface area contributed by atoms with Gasteiger partial charge >= 0.3 is 0 Å². The minimum atomic E-state index is -0.539. The van der Waals surface area contributed by atoms with Crippen LogP contribution in [0.4, 0.5) is 5.69 Å². The van der Waals surface area contributed by atoms with Crippen molar-refractivity contribution in [3.63, 3.8) is 0 Å². The summed E-state index contributed by atoms with van der Waals surface area (Å²) >= 11 is 0. The van der Waals surface area contributed by atoms with Crippen molar-refractivity contribution >= 4 is 23.2 Å². The molecule has 5 rings (SSSR count). The van der Waals surface area contributed by atoms with Crippen LogP contribution < -0.4 is 14.8 Å². The van der Waals surface area contributed by atoms with Gasteiger partial charge in [0.25, 0.3) is 5.91 Å². The highest BCUT2D eigenvalue weighted by Gasteiger charge is 2.42. The molecule has 2 aliphatic carbocycles. The van der Waals surface area contributed by atoms with Crippen molar-refractivity contribution in [2.75, 3.05) is 19.0 Å². The SMILES string of the molecule is COc1ccccc1NC(=O)COc1ccccc1C1C2=C(CCCC2=O)OC2=C1C(=O)CCC2. The van der Waals surface area contributed by atoms with Gasteiger partial charge in [-0.3, -0.25) is 14.4 Å². The summed E-state index contributed by atoms with van der Waals surface area (Å²) < 4.78 is 17.4. The number of carbonyl (C=O) groups excluding carboxylic acids is 3. The predicted molar refractivity (Wildman–Crippen MR) is 129 cm³/mol. The second-order valence-electron chi connectivity index (χ2n) is 8.84. The molecule has 0 atom stereocenters. The molecule has 7 heteroatoms. The summed E-state index contributed by atoms with van der Waals surface area (Å²) in [6, 6.07) is 14.4. The number of Topliss-reactive ketones (excluding diaryl/α,β-unsaturated/α-hetero) is 2. The monoisotopic (exact) mass is 473 g/mol. The number of methoxy groups -OCH3 is 1. The average molecular weight is 474 g/mol. The number of allylic oxidation sites excluding steroid dienone is 4. The first kappa shape index (κ1) is 22.9. The number of ether oxygens (including phenoxy) is 3. The first-order valence-corrected chi connectivity index (χ1v) is 11.9. The van der Waals surface area contributed by atoms with Crippen molar-refractivity contribution < 1.29 is 28.6 Å². The molecule has 1 heterocycles. The van der Waals surface area contributed by atoms with Crippen molar-refractivity contribution in [3.8, 4) is 11.5 Å². The summed E-state index contributed by atoms with van der Waals surface area (Å²) in [5.41, 5.74) is 2.36. The molecule has 0 bridgehead atoms. The lowest BCUT2D eigenvalue weighted by Crippen LogP contribution is -2.30. The van der Waals surface area contributed by atoms with E-state index in [0.29, 0.717) is 71.1 Å². The van der Waals surface area contributed by atoms with E-state index in [-0.39, 0.29) is 24.1 Å². The summed E-state index contributed by atoms with van der Waals surface area (Å²) in [6.07, 6.45) is 3.68. The number of hydrogen-bond donors (Lipinski definition) is 1. The molecular formula is C28H27NO6. The Morgan fingerprint density at radius 2 is 1.49 bits per heavy atom. The van der Waals surface area contributed by atoms with Crippen molar-refractivity contribution in [3.05, 3.63) is 76.8 Å². The molecule has 0 aromatic heterocycles.